The van der Waals surface area contributed by atoms with E-state index in [-0.39, 0.29) is 35.4 Å². The second kappa shape index (κ2) is 10.3. The number of benzene rings is 2. The van der Waals surface area contributed by atoms with Gasteiger partial charge >= 0.3 is 6.18 Å². The molecule has 0 saturated heterocycles. The third-order valence-corrected chi connectivity index (χ3v) is 7.00. The van der Waals surface area contributed by atoms with Gasteiger partial charge in [-0.3, -0.25) is 9.59 Å². The Kier molecular flexibility index (Phi) is 7.38. The van der Waals surface area contributed by atoms with E-state index in [0.717, 1.165) is 17.3 Å². The van der Waals surface area contributed by atoms with Gasteiger partial charge in [-0.15, -0.1) is 0 Å². The van der Waals surface area contributed by atoms with E-state index >= 15 is 0 Å². The average molecular weight is 504 g/mol. The van der Waals surface area contributed by atoms with Gasteiger partial charge in [-0.05, 0) is 48.4 Å². The molecule has 0 spiro atoms. The lowest BCUT2D eigenvalue weighted by Crippen LogP contribution is -2.53. The van der Waals surface area contributed by atoms with Crippen molar-refractivity contribution in [1.29, 1.82) is 0 Å². The summed E-state index contributed by atoms with van der Waals surface area (Å²) in [5, 5.41) is 6.25. The van der Waals surface area contributed by atoms with Crippen LogP contribution in [-0.4, -0.2) is 28.9 Å². The Hall–Kier alpha value is -3.36. The first kappa shape index (κ1) is 25.7. The number of rotatable bonds is 7. The number of nitrogens with one attached hydrogen (secondary N) is 3. The number of carbonyl (C=O) groups is 2. The lowest BCUT2D eigenvalue weighted by Gasteiger charge is -2.29. The monoisotopic (exact) mass is 503 g/mol. The zero-order chi connectivity index (χ0) is 26.0. The van der Waals surface area contributed by atoms with Crippen molar-refractivity contribution < 1.29 is 27.2 Å². The summed E-state index contributed by atoms with van der Waals surface area (Å²) >= 11 is 0. The average Bonchev–Trinajstić information content (AvgIpc) is 3.21. The lowest BCUT2D eigenvalue weighted by molar-refractivity contribution is -0.136. The molecule has 2 amide bonds. The molecule has 3 atom stereocenters. The van der Waals surface area contributed by atoms with Crippen LogP contribution in [-0.2, 0) is 35.0 Å². The van der Waals surface area contributed by atoms with Gasteiger partial charge in [0.05, 0.1) is 17.5 Å². The van der Waals surface area contributed by atoms with Crippen molar-refractivity contribution in [3.8, 4) is 0 Å². The largest absolute Gasteiger partial charge is 0.418 e. The van der Waals surface area contributed by atoms with E-state index in [0.29, 0.717) is 31.1 Å². The number of H-pyrrole nitrogens is 1. The third-order valence-electron chi connectivity index (χ3n) is 7.00. The van der Waals surface area contributed by atoms with Crippen LogP contribution in [0, 0.1) is 11.7 Å². The lowest BCUT2D eigenvalue weighted by atomic mass is 9.90. The Labute approximate surface area is 206 Å². The molecule has 0 saturated carbocycles. The number of aromatic amines is 1. The Bertz CT molecular complexity index is 1270. The highest BCUT2D eigenvalue weighted by atomic mass is 19.4. The van der Waals surface area contributed by atoms with Gasteiger partial charge in [-0.25, -0.2) is 4.39 Å². The van der Waals surface area contributed by atoms with Crippen LogP contribution in [0.3, 0.4) is 0 Å². The normalized spacial score (nSPS) is 17.3. The standard InChI is InChI=1S/C27H29F4N3O2/c1-3-15(2)24(34-23(35)13-16-7-4-5-10-21(16)28)26(36)32-17-11-12-22-19(14-17)18-8-6-9-20(25(18)33-22)27(29,30)31/h4-10,15,17,24,33H,3,11-14H2,1-2H3,(H,32,36)(H,34,35). The minimum absolute atomic E-state index is 0.0693. The van der Waals surface area contributed by atoms with Crippen molar-refractivity contribution in [3.05, 3.63) is 70.7 Å². The summed E-state index contributed by atoms with van der Waals surface area (Å²) in [5.41, 5.74) is 1.14. The van der Waals surface area contributed by atoms with Crippen LogP contribution in [0.4, 0.5) is 17.6 Å². The number of fused-ring (bicyclic) bond motifs is 3. The number of aromatic nitrogens is 1. The van der Waals surface area contributed by atoms with Crippen LogP contribution in [0.5, 0.6) is 0 Å². The topological polar surface area (TPSA) is 74.0 Å². The van der Waals surface area contributed by atoms with E-state index in [1.54, 1.807) is 18.2 Å². The number of aryl methyl sites for hydroxylation is 1. The van der Waals surface area contributed by atoms with E-state index < -0.39 is 29.5 Å². The van der Waals surface area contributed by atoms with Gasteiger partial charge in [0.2, 0.25) is 11.8 Å². The molecule has 36 heavy (non-hydrogen) atoms. The van der Waals surface area contributed by atoms with Crippen LogP contribution >= 0.6 is 0 Å². The van der Waals surface area contributed by atoms with Crippen molar-refractivity contribution in [2.45, 2.75) is 64.2 Å². The molecule has 1 heterocycles. The van der Waals surface area contributed by atoms with E-state index in [9.17, 15) is 27.2 Å². The number of para-hydroxylation sites is 1. The van der Waals surface area contributed by atoms with Gasteiger partial charge in [-0.1, -0.05) is 50.6 Å². The van der Waals surface area contributed by atoms with Crippen molar-refractivity contribution >= 4 is 22.7 Å². The first-order valence-corrected chi connectivity index (χ1v) is 12.1. The van der Waals surface area contributed by atoms with E-state index in [1.807, 2.05) is 13.8 Å². The summed E-state index contributed by atoms with van der Waals surface area (Å²) in [5.74, 6) is -1.46. The summed E-state index contributed by atoms with van der Waals surface area (Å²) in [6.45, 7) is 3.76. The molecule has 0 fully saturated rings. The van der Waals surface area contributed by atoms with Gasteiger partial charge in [0.25, 0.3) is 0 Å². The molecule has 5 nitrogen and oxygen atoms in total. The fourth-order valence-corrected chi connectivity index (χ4v) is 4.83. The van der Waals surface area contributed by atoms with Gasteiger partial charge in [-0.2, -0.15) is 13.2 Å². The molecule has 0 aliphatic heterocycles. The first-order valence-electron chi connectivity index (χ1n) is 12.1. The van der Waals surface area contributed by atoms with E-state index in [4.69, 9.17) is 0 Å². The van der Waals surface area contributed by atoms with E-state index in [1.165, 1.54) is 18.2 Å². The number of amides is 2. The quantitative estimate of drug-likeness (QED) is 0.394. The van der Waals surface area contributed by atoms with Crippen LogP contribution < -0.4 is 10.6 Å². The summed E-state index contributed by atoms with van der Waals surface area (Å²) in [4.78, 5) is 28.8. The van der Waals surface area contributed by atoms with Gasteiger partial charge in [0, 0.05) is 17.1 Å². The third kappa shape index (κ3) is 5.39. The number of carbonyl (C=O) groups excluding carboxylic acids is 2. The molecule has 3 aromatic rings. The van der Waals surface area contributed by atoms with E-state index in [2.05, 4.69) is 15.6 Å². The van der Waals surface area contributed by atoms with Crippen molar-refractivity contribution in [3.63, 3.8) is 0 Å². The highest BCUT2D eigenvalue weighted by molar-refractivity contribution is 5.90. The minimum Gasteiger partial charge on any atom is -0.358 e. The Balaban J connectivity index is 1.48. The number of alkyl halides is 3. The molecule has 1 aliphatic rings. The Morgan fingerprint density at radius 2 is 1.89 bits per heavy atom. The van der Waals surface area contributed by atoms with Crippen LogP contribution in [0.2, 0.25) is 0 Å². The smallest absolute Gasteiger partial charge is 0.358 e. The van der Waals surface area contributed by atoms with Crippen LogP contribution in [0.15, 0.2) is 42.5 Å². The predicted molar refractivity (Wildman–Crippen MR) is 129 cm³/mol. The summed E-state index contributed by atoms with van der Waals surface area (Å²) < 4.78 is 54.3. The molecule has 1 aromatic heterocycles. The fourth-order valence-electron chi connectivity index (χ4n) is 4.83. The highest BCUT2D eigenvalue weighted by Gasteiger charge is 2.35. The predicted octanol–water partition coefficient (Wildman–Crippen LogP) is 5.07. The molecule has 2 aromatic carbocycles. The van der Waals surface area contributed by atoms with Crippen LogP contribution in [0.1, 0.15) is 49.1 Å². The first-order chi connectivity index (χ1) is 17.1. The number of hydrogen-bond donors (Lipinski definition) is 3. The van der Waals surface area contributed by atoms with Gasteiger partial charge in [0.15, 0.2) is 0 Å². The maximum Gasteiger partial charge on any atom is 0.418 e. The molecule has 9 heteroatoms. The maximum atomic E-state index is 14.0. The van der Waals surface area contributed by atoms with Crippen molar-refractivity contribution in [1.82, 2.24) is 15.6 Å². The summed E-state index contributed by atoms with van der Waals surface area (Å²) in [6.07, 6.45) is -2.57. The molecule has 3 unspecified atom stereocenters. The highest BCUT2D eigenvalue weighted by Crippen LogP contribution is 2.38. The molecular formula is C27H29F4N3O2. The second-order valence-corrected chi connectivity index (χ2v) is 9.46. The number of halogens is 4. The number of hydrogen-bond acceptors (Lipinski definition) is 2. The van der Waals surface area contributed by atoms with Crippen molar-refractivity contribution in [2.24, 2.45) is 5.92 Å². The summed E-state index contributed by atoms with van der Waals surface area (Å²) in [7, 11) is 0. The fraction of sp³-hybridized carbons (Fsp3) is 0.407. The molecule has 0 bridgehead atoms. The molecule has 0 radical (unpaired) electrons. The zero-order valence-corrected chi connectivity index (χ0v) is 20.1. The molecule has 4 rings (SSSR count). The second-order valence-electron chi connectivity index (χ2n) is 9.46. The van der Waals surface area contributed by atoms with Gasteiger partial charge < -0.3 is 15.6 Å². The molecule has 1 aliphatic carbocycles. The zero-order valence-electron chi connectivity index (χ0n) is 20.1. The SMILES string of the molecule is CCC(C)C(NC(=O)Cc1ccccc1F)C(=O)NC1CCc2[nH]c3c(C(F)(F)F)cccc3c2C1. The molecule has 192 valence electrons. The van der Waals surface area contributed by atoms with Crippen LogP contribution in [0.25, 0.3) is 10.9 Å². The minimum atomic E-state index is -4.47. The summed E-state index contributed by atoms with van der Waals surface area (Å²) in [6, 6.07) is 9.01. The molecule has 3 N–H and O–H groups in total. The Morgan fingerprint density at radius 3 is 2.58 bits per heavy atom. The van der Waals surface area contributed by atoms with Gasteiger partial charge in [0.1, 0.15) is 11.9 Å². The maximum absolute atomic E-state index is 14.0. The Morgan fingerprint density at radius 1 is 1.14 bits per heavy atom. The van der Waals surface area contributed by atoms with Crippen molar-refractivity contribution in [2.75, 3.05) is 0 Å². The molecular weight excluding hydrogens is 474 g/mol.